The van der Waals surface area contributed by atoms with Crippen LogP contribution < -0.4 is 0 Å². The van der Waals surface area contributed by atoms with Crippen molar-refractivity contribution in [1.29, 1.82) is 0 Å². The van der Waals surface area contributed by atoms with Crippen LogP contribution in [0.2, 0.25) is 0 Å². The van der Waals surface area contributed by atoms with E-state index in [-0.39, 0.29) is 5.78 Å². The predicted octanol–water partition coefficient (Wildman–Crippen LogP) is 2.07. The van der Waals surface area contributed by atoms with Crippen molar-refractivity contribution in [1.82, 2.24) is 4.57 Å². The van der Waals surface area contributed by atoms with Crippen LogP contribution in [-0.2, 0) is 7.05 Å². The van der Waals surface area contributed by atoms with Crippen LogP contribution in [0.15, 0.2) is 42.5 Å². The largest absolute Gasteiger partial charge is 0.339 e. The smallest absolute Gasteiger partial charge is 0.209 e. The minimum atomic E-state index is -0.0730. The minimum Gasteiger partial charge on any atom is -0.339 e. The van der Waals surface area contributed by atoms with Crippen molar-refractivity contribution in [2.24, 2.45) is 7.05 Å². The van der Waals surface area contributed by atoms with Gasteiger partial charge in [-0.15, -0.1) is 0 Å². The number of hydrogen-bond acceptors (Lipinski definition) is 2. The van der Waals surface area contributed by atoms with E-state index in [1.807, 2.05) is 18.2 Å². The van der Waals surface area contributed by atoms with E-state index in [1.54, 1.807) is 35.9 Å². The molecule has 0 aliphatic heterocycles. The first-order valence-corrected chi connectivity index (χ1v) is 4.94. The van der Waals surface area contributed by atoms with Crippen molar-refractivity contribution < 1.29 is 9.59 Å². The molecule has 0 N–H and O–H groups in total. The van der Waals surface area contributed by atoms with Crippen LogP contribution in [-0.4, -0.2) is 16.6 Å². The van der Waals surface area contributed by atoms with Gasteiger partial charge in [0.15, 0.2) is 6.29 Å². The molecule has 0 amide bonds. The average Bonchev–Trinajstić information content (AvgIpc) is 2.70. The molecule has 3 heteroatoms. The third-order valence-electron chi connectivity index (χ3n) is 2.55. The molecule has 0 bridgehead atoms. The molecular formula is C13H11NO2. The highest BCUT2D eigenvalue weighted by Crippen LogP contribution is 2.11. The van der Waals surface area contributed by atoms with E-state index in [2.05, 4.69) is 0 Å². The number of ketones is 1. The summed E-state index contributed by atoms with van der Waals surface area (Å²) in [6, 6.07) is 12.3. The monoisotopic (exact) mass is 213 g/mol. The SMILES string of the molecule is Cn1c(C=O)ccc1C(=O)c1ccccc1. The zero-order valence-electron chi connectivity index (χ0n) is 8.88. The highest BCUT2D eigenvalue weighted by molar-refractivity contribution is 6.08. The number of aromatic nitrogens is 1. The van der Waals surface area contributed by atoms with Gasteiger partial charge in [-0.05, 0) is 12.1 Å². The fraction of sp³-hybridized carbons (Fsp3) is 0.0769. The number of carbonyl (C=O) groups is 2. The summed E-state index contributed by atoms with van der Waals surface area (Å²) in [5.74, 6) is -0.0730. The Hall–Kier alpha value is -2.16. The molecule has 1 heterocycles. The Morgan fingerprint density at radius 1 is 1.12 bits per heavy atom. The zero-order chi connectivity index (χ0) is 11.5. The number of benzene rings is 1. The van der Waals surface area contributed by atoms with Crippen molar-refractivity contribution in [3.05, 3.63) is 59.4 Å². The molecule has 0 atom stereocenters. The highest BCUT2D eigenvalue weighted by Gasteiger charge is 2.13. The Kier molecular flexibility index (Phi) is 2.68. The van der Waals surface area contributed by atoms with E-state index in [1.165, 1.54) is 0 Å². The number of carbonyl (C=O) groups excluding carboxylic acids is 2. The van der Waals surface area contributed by atoms with E-state index < -0.39 is 0 Å². The maximum atomic E-state index is 12.1. The lowest BCUT2D eigenvalue weighted by atomic mass is 10.1. The van der Waals surface area contributed by atoms with Crippen molar-refractivity contribution in [3.8, 4) is 0 Å². The number of hydrogen-bond donors (Lipinski definition) is 0. The second kappa shape index (κ2) is 4.14. The van der Waals surface area contributed by atoms with E-state index in [0.29, 0.717) is 17.0 Å². The summed E-state index contributed by atoms with van der Waals surface area (Å²) >= 11 is 0. The van der Waals surface area contributed by atoms with Gasteiger partial charge in [0.05, 0.1) is 11.4 Å². The van der Waals surface area contributed by atoms with Crippen LogP contribution in [0.5, 0.6) is 0 Å². The number of rotatable bonds is 3. The first kappa shape index (κ1) is 10.4. The second-order valence-electron chi connectivity index (χ2n) is 3.52. The molecule has 0 spiro atoms. The molecule has 3 nitrogen and oxygen atoms in total. The summed E-state index contributed by atoms with van der Waals surface area (Å²) in [6.07, 6.45) is 0.738. The van der Waals surface area contributed by atoms with Gasteiger partial charge in [-0.25, -0.2) is 0 Å². The predicted molar refractivity (Wildman–Crippen MR) is 60.7 cm³/mol. The second-order valence-corrected chi connectivity index (χ2v) is 3.52. The Balaban J connectivity index is 2.42. The Bertz CT molecular complexity index is 526. The zero-order valence-corrected chi connectivity index (χ0v) is 8.88. The first-order valence-electron chi connectivity index (χ1n) is 4.94. The Labute approximate surface area is 93.3 Å². The Morgan fingerprint density at radius 3 is 2.38 bits per heavy atom. The topological polar surface area (TPSA) is 39.1 Å². The van der Waals surface area contributed by atoms with Gasteiger partial charge >= 0.3 is 0 Å². The van der Waals surface area contributed by atoms with Crippen LogP contribution in [0.25, 0.3) is 0 Å². The molecule has 0 aliphatic carbocycles. The highest BCUT2D eigenvalue weighted by atomic mass is 16.1. The summed E-state index contributed by atoms with van der Waals surface area (Å²) < 4.78 is 1.60. The molecule has 0 radical (unpaired) electrons. The van der Waals surface area contributed by atoms with Gasteiger partial charge in [0.1, 0.15) is 0 Å². The molecule has 0 saturated heterocycles. The maximum absolute atomic E-state index is 12.1. The summed E-state index contributed by atoms with van der Waals surface area (Å²) in [5, 5.41) is 0. The molecule has 16 heavy (non-hydrogen) atoms. The molecule has 80 valence electrons. The van der Waals surface area contributed by atoms with Crippen LogP contribution in [0, 0.1) is 0 Å². The van der Waals surface area contributed by atoms with Gasteiger partial charge in [-0.1, -0.05) is 30.3 Å². The fourth-order valence-electron chi connectivity index (χ4n) is 1.61. The number of aldehydes is 1. The van der Waals surface area contributed by atoms with Crippen molar-refractivity contribution in [2.75, 3.05) is 0 Å². The van der Waals surface area contributed by atoms with E-state index >= 15 is 0 Å². The quantitative estimate of drug-likeness (QED) is 0.578. The van der Waals surface area contributed by atoms with Crippen LogP contribution >= 0.6 is 0 Å². The lowest BCUT2D eigenvalue weighted by Crippen LogP contribution is -2.08. The molecule has 0 unspecified atom stereocenters. The summed E-state index contributed by atoms with van der Waals surface area (Å²) in [5.41, 5.74) is 1.65. The van der Waals surface area contributed by atoms with Gasteiger partial charge in [-0.3, -0.25) is 9.59 Å². The molecule has 1 aromatic heterocycles. The van der Waals surface area contributed by atoms with Crippen LogP contribution in [0.4, 0.5) is 0 Å². The van der Waals surface area contributed by atoms with Gasteiger partial charge in [0.2, 0.25) is 5.78 Å². The summed E-state index contributed by atoms with van der Waals surface area (Å²) in [4.78, 5) is 22.7. The molecule has 0 fully saturated rings. The third-order valence-corrected chi connectivity index (χ3v) is 2.55. The van der Waals surface area contributed by atoms with Crippen molar-refractivity contribution in [2.45, 2.75) is 0 Å². The first-order chi connectivity index (χ1) is 7.74. The van der Waals surface area contributed by atoms with E-state index in [9.17, 15) is 9.59 Å². The van der Waals surface area contributed by atoms with Gasteiger partial charge in [-0.2, -0.15) is 0 Å². The molecule has 2 rings (SSSR count). The Morgan fingerprint density at radius 2 is 1.81 bits per heavy atom. The number of nitrogens with zero attached hydrogens (tertiary/aromatic N) is 1. The van der Waals surface area contributed by atoms with Crippen LogP contribution in [0.3, 0.4) is 0 Å². The van der Waals surface area contributed by atoms with Gasteiger partial charge in [0.25, 0.3) is 0 Å². The molecule has 1 aromatic carbocycles. The average molecular weight is 213 g/mol. The molecule has 0 aliphatic rings. The van der Waals surface area contributed by atoms with Gasteiger partial charge < -0.3 is 4.57 Å². The van der Waals surface area contributed by atoms with Gasteiger partial charge in [0, 0.05) is 12.6 Å². The maximum Gasteiger partial charge on any atom is 0.209 e. The summed E-state index contributed by atoms with van der Waals surface area (Å²) in [7, 11) is 1.71. The van der Waals surface area contributed by atoms with E-state index in [0.717, 1.165) is 6.29 Å². The minimum absolute atomic E-state index is 0.0730. The third kappa shape index (κ3) is 1.67. The van der Waals surface area contributed by atoms with E-state index in [4.69, 9.17) is 0 Å². The lowest BCUT2D eigenvalue weighted by Gasteiger charge is -2.03. The standard InChI is InChI=1S/C13H11NO2/c1-14-11(9-15)7-8-12(14)13(16)10-5-3-2-4-6-10/h2-9H,1H3. The molecule has 0 saturated carbocycles. The molecule has 2 aromatic rings. The summed E-state index contributed by atoms with van der Waals surface area (Å²) in [6.45, 7) is 0. The molecular weight excluding hydrogens is 202 g/mol. The lowest BCUT2D eigenvalue weighted by molar-refractivity contribution is 0.103. The fourth-order valence-corrected chi connectivity index (χ4v) is 1.61. The van der Waals surface area contributed by atoms with Crippen molar-refractivity contribution >= 4 is 12.1 Å². The van der Waals surface area contributed by atoms with Crippen LogP contribution in [0.1, 0.15) is 26.5 Å². The normalized spacial score (nSPS) is 10.1. The van der Waals surface area contributed by atoms with Crippen molar-refractivity contribution in [3.63, 3.8) is 0 Å².